The van der Waals surface area contributed by atoms with E-state index in [0.717, 1.165) is 12.0 Å². The molecular weight excluding hydrogens is 287 g/mol. The van der Waals surface area contributed by atoms with Gasteiger partial charge >= 0.3 is 6.18 Å². The highest BCUT2D eigenvalue weighted by atomic mass is 19.4. The fourth-order valence-corrected chi connectivity index (χ4v) is 1.72. The molecule has 0 saturated heterocycles. The molecule has 0 heterocycles. The zero-order valence-corrected chi connectivity index (χ0v) is 11.6. The number of nitrogens with one attached hydrogen (secondary N) is 1. The first-order chi connectivity index (χ1) is 9.85. The number of benzene rings is 1. The maximum Gasteiger partial charge on any atom is 0.411 e. The van der Waals surface area contributed by atoms with Gasteiger partial charge in [0.2, 0.25) is 5.91 Å². The average Bonchev–Trinajstić information content (AvgIpc) is 2.43. The molecule has 0 aliphatic heterocycles. The zero-order chi connectivity index (χ0) is 15.9. The Bertz CT molecular complexity index is 446. The van der Waals surface area contributed by atoms with Crippen LogP contribution in [0, 0.1) is 0 Å². The number of alkyl halides is 3. The largest absolute Gasteiger partial charge is 0.411 e. The Hall–Kier alpha value is -1.60. The van der Waals surface area contributed by atoms with E-state index in [4.69, 9.17) is 0 Å². The van der Waals surface area contributed by atoms with E-state index in [1.807, 2.05) is 19.1 Å². The van der Waals surface area contributed by atoms with Gasteiger partial charge in [-0.1, -0.05) is 31.2 Å². The molecule has 0 aliphatic carbocycles. The molecule has 0 spiro atoms. The molecule has 0 fully saturated rings. The zero-order valence-electron chi connectivity index (χ0n) is 11.6. The molecule has 0 bridgehead atoms. The Balaban J connectivity index is 2.50. The van der Waals surface area contributed by atoms with Gasteiger partial charge in [-0.25, -0.2) is 0 Å². The quantitative estimate of drug-likeness (QED) is 0.810. The number of aryl methyl sites for hydroxylation is 1. The summed E-state index contributed by atoms with van der Waals surface area (Å²) in [4.78, 5) is 11.5. The van der Waals surface area contributed by atoms with Crippen LogP contribution in [0.2, 0.25) is 0 Å². The highest BCUT2D eigenvalue weighted by molar-refractivity contribution is 5.77. The lowest BCUT2D eigenvalue weighted by Gasteiger charge is -2.17. The van der Waals surface area contributed by atoms with Crippen LogP contribution in [0.4, 0.5) is 13.2 Å². The number of ether oxygens (including phenoxy) is 1. The van der Waals surface area contributed by atoms with Crippen LogP contribution in [0.3, 0.4) is 0 Å². The Morgan fingerprint density at radius 3 is 2.43 bits per heavy atom. The molecule has 0 saturated carbocycles. The third-order valence-electron chi connectivity index (χ3n) is 2.81. The van der Waals surface area contributed by atoms with E-state index in [1.165, 1.54) is 0 Å². The maximum atomic E-state index is 11.9. The number of hydrogen-bond acceptors (Lipinski definition) is 3. The van der Waals surface area contributed by atoms with Crippen LogP contribution in [0.1, 0.15) is 24.1 Å². The number of hydrogen-bond donors (Lipinski definition) is 2. The van der Waals surface area contributed by atoms with Gasteiger partial charge in [0, 0.05) is 0 Å². The van der Waals surface area contributed by atoms with Gasteiger partial charge in [-0.05, 0) is 17.5 Å². The predicted molar refractivity (Wildman–Crippen MR) is 70.7 cm³/mol. The second-order valence-electron chi connectivity index (χ2n) is 4.51. The van der Waals surface area contributed by atoms with Gasteiger partial charge in [-0.15, -0.1) is 0 Å². The molecule has 2 N–H and O–H groups in total. The Morgan fingerprint density at radius 2 is 1.95 bits per heavy atom. The summed E-state index contributed by atoms with van der Waals surface area (Å²) in [5.74, 6) is -0.710. The molecule has 0 aliphatic rings. The van der Waals surface area contributed by atoms with E-state index in [0.29, 0.717) is 5.56 Å². The number of aliphatic hydroxyl groups is 1. The molecule has 1 atom stereocenters. The van der Waals surface area contributed by atoms with Gasteiger partial charge in [-0.2, -0.15) is 13.2 Å². The van der Waals surface area contributed by atoms with Crippen molar-refractivity contribution in [2.24, 2.45) is 0 Å². The standard InChI is InChI=1S/C14H18F3NO3/c1-2-10-3-5-11(6-4-10)12(7-19)18-13(20)8-21-9-14(15,16)17/h3-6,12,19H,2,7-9H2,1H3,(H,18,20). The van der Waals surface area contributed by atoms with Crippen LogP contribution < -0.4 is 5.32 Å². The van der Waals surface area contributed by atoms with Crippen molar-refractivity contribution in [3.05, 3.63) is 35.4 Å². The third-order valence-corrected chi connectivity index (χ3v) is 2.81. The summed E-state index contributed by atoms with van der Waals surface area (Å²) in [5.41, 5.74) is 1.79. The molecule has 21 heavy (non-hydrogen) atoms. The molecule has 0 radical (unpaired) electrons. The summed E-state index contributed by atoms with van der Waals surface area (Å²) >= 11 is 0. The van der Waals surface area contributed by atoms with E-state index in [9.17, 15) is 23.1 Å². The summed E-state index contributed by atoms with van der Waals surface area (Å²) < 4.78 is 39.9. The fourth-order valence-electron chi connectivity index (χ4n) is 1.72. The molecule has 1 amide bonds. The van der Waals surface area contributed by atoms with Crippen molar-refractivity contribution in [2.45, 2.75) is 25.6 Å². The summed E-state index contributed by atoms with van der Waals surface area (Å²) in [7, 11) is 0. The molecule has 0 aromatic heterocycles. The molecule has 1 aromatic rings. The normalized spacial score (nSPS) is 13.0. The predicted octanol–water partition coefficient (Wildman–Crippen LogP) is 1.98. The molecule has 4 nitrogen and oxygen atoms in total. The number of rotatable bonds is 7. The van der Waals surface area contributed by atoms with Gasteiger partial charge in [0.1, 0.15) is 13.2 Å². The summed E-state index contributed by atoms with van der Waals surface area (Å²) in [6, 6.07) is 6.58. The van der Waals surface area contributed by atoms with Crippen LogP contribution in [0.5, 0.6) is 0 Å². The Kier molecular flexibility index (Phi) is 6.64. The average molecular weight is 305 g/mol. The fraction of sp³-hybridized carbons (Fsp3) is 0.500. The number of aliphatic hydroxyl groups excluding tert-OH is 1. The smallest absolute Gasteiger partial charge is 0.394 e. The van der Waals surface area contributed by atoms with E-state index in [2.05, 4.69) is 10.1 Å². The van der Waals surface area contributed by atoms with E-state index in [1.54, 1.807) is 12.1 Å². The van der Waals surface area contributed by atoms with E-state index >= 15 is 0 Å². The minimum absolute atomic E-state index is 0.351. The lowest BCUT2D eigenvalue weighted by atomic mass is 10.0. The van der Waals surface area contributed by atoms with Crippen LogP contribution in [-0.4, -0.2) is 37.0 Å². The lowest BCUT2D eigenvalue weighted by molar-refractivity contribution is -0.175. The summed E-state index contributed by atoms with van der Waals surface area (Å²) in [6.45, 7) is -0.534. The van der Waals surface area contributed by atoms with Gasteiger partial charge < -0.3 is 15.2 Å². The Morgan fingerprint density at radius 1 is 1.33 bits per heavy atom. The number of amides is 1. The van der Waals surface area contributed by atoms with Crippen LogP contribution >= 0.6 is 0 Å². The first kappa shape index (κ1) is 17.5. The minimum Gasteiger partial charge on any atom is -0.394 e. The first-order valence-electron chi connectivity index (χ1n) is 6.49. The highest BCUT2D eigenvalue weighted by Crippen LogP contribution is 2.15. The van der Waals surface area contributed by atoms with Gasteiger partial charge in [-0.3, -0.25) is 4.79 Å². The van der Waals surface area contributed by atoms with Crippen molar-refractivity contribution >= 4 is 5.91 Å². The molecule has 1 rings (SSSR count). The van der Waals surface area contributed by atoms with Crippen molar-refractivity contribution in [1.29, 1.82) is 0 Å². The van der Waals surface area contributed by atoms with Crippen LogP contribution in [0.25, 0.3) is 0 Å². The van der Waals surface area contributed by atoms with Crippen molar-refractivity contribution in [2.75, 3.05) is 19.8 Å². The lowest BCUT2D eigenvalue weighted by Crippen LogP contribution is -2.34. The van der Waals surface area contributed by atoms with Gasteiger partial charge in [0.05, 0.1) is 12.6 Å². The monoisotopic (exact) mass is 305 g/mol. The van der Waals surface area contributed by atoms with Crippen LogP contribution in [-0.2, 0) is 16.0 Å². The highest BCUT2D eigenvalue weighted by Gasteiger charge is 2.28. The second-order valence-corrected chi connectivity index (χ2v) is 4.51. The molecule has 1 unspecified atom stereocenters. The number of carbonyl (C=O) groups is 1. The van der Waals surface area contributed by atoms with Crippen molar-refractivity contribution in [3.63, 3.8) is 0 Å². The van der Waals surface area contributed by atoms with E-state index in [-0.39, 0.29) is 6.61 Å². The maximum absolute atomic E-state index is 11.9. The van der Waals surface area contributed by atoms with Gasteiger partial charge in [0.25, 0.3) is 0 Å². The SMILES string of the molecule is CCc1ccc(C(CO)NC(=O)COCC(F)(F)F)cc1. The van der Waals surface area contributed by atoms with Crippen molar-refractivity contribution < 1.29 is 27.8 Å². The molecule has 7 heteroatoms. The minimum atomic E-state index is -4.47. The van der Waals surface area contributed by atoms with Crippen LogP contribution in [0.15, 0.2) is 24.3 Å². The van der Waals surface area contributed by atoms with Crippen molar-refractivity contribution in [3.8, 4) is 0 Å². The number of halogens is 3. The third kappa shape index (κ3) is 6.59. The van der Waals surface area contributed by atoms with Crippen molar-refractivity contribution in [1.82, 2.24) is 5.32 Å². The summed E-state index contributed by atoms with van der Waals surface area (Å²) in [5, 5.41) is 11.7. The summed E-state index contributed by atoms with van der Waals surface area (Å²) in [6.07, 6.45) is -3.60. The molecule has 1 aromatic carbocycles. The number of carbonyl (C=O) groups excluding carboxylic acids is 1. The first-order valence-corrected chi connectivity index (χ1v) is 6.49. The van der Waals surface area contributed by atoms with Gasteiger partial charge in [0.15, 0.2) is 0 Å². The van der Waals surface area contributed by atoms with E-state index < -0.39 is 31.3 Å². The Labute approximate surface area is 120 Å². The second kappa shape index (κ2) is 7.99. The molecule has 118 valence electrons. The molecular formula is C14H18F3NO3. The topological polar surface area (TPSA) is 58.6 Å².